The number of carbonyl (C=O) groups is 1. The first-order valence-electron chi connectivity index (χ1n) is 9.27. The van der Waals surface area contributed by atoms with E-state index in [1.165, 1.54) is 5.56 Å². The SMILES string of the molecule is O=C(Nc1ccccc1Cc1ccccc1)c1ccc(Cn2cccn2)cc1. The number of amides is 1. The minimum absolute atomic E-state index is 0.105. The zero-order valence-electron chi connectivity index (χ0n) is 15.5. The molecule has 4 heteroatoms. The van der Waals surface area contributed by atoms with Gasteiger partial charge < -0.3 is 5.32 Å². The quantitative estimate of drug-likeness (QED) is 0.533. The largest absolute Gasteiger partial charge is 0.322 e. The molecule has 0 fully saturated rings. The molecule has 0 bridgehead atoms. The molecule has 0 saturated carbocycles. The number of benzene rings is 3. The lowest BCUT2D eigenvalue weighted by atomic mass is 10.0. The fraction of sp³-hybridized carbons (Fsp3) is 0.0833. The van der Waals surface area contributed by atoms with Gasteiger partial charge in [-0.25, -0.2) is 0 Å². The van der Waals surface area contributed by atoms with Crippen LogP contribution in [0.25, 0.3) is 0 Å². The van der Waals surface area contributed by atoms with E-state index in [0.29, 0.717) is 12.1 Å². The number of aromatic nitrogens is 2. The third-order valence-corrected chi connectivity index (χ3v) is 4.62. The van der Waals surface area contributed by atoms with Crippen LogP contribution in [0.2, 0.25) is 0 Å². The van der Waals surface area contributed by atoms with Crippen molar-refractivity contribution in [1.29, 1.82) is 0 Å². The molecule has 138 valence electrons. The molecular formula is C24H21N3O. The summed E-state index contributed by atoms with van der Waals surface area (Å²) in [5, 5.41) is 7.26. The van der Waals surface area contributed by atoms with E-state index >= 15 is 0 Å². The first kappa shape index (κ1) is 17.7. The smallest absolute Gasteiger partial charge is 0.255 e. The van der Waals surface area contributed by atoms with Crippen LogP contribution in [-0.4, -0.2) is 15.7 Å². The van der Waals surface area contributed by atoms with Crippen molar-refractivity contribution in [1.82, 2.24) is 9.78 Å². The van der Waals surface area contributed by atoms with Crippen molar-refractivity contribution in [3.8, 4) is 0 Å². The maximum absolute atomic E-state index is 12.7. The lowest BCUT2D eigenvalue weighted by Crippen LogP contribution is -2.13. The Morgan fingerprint density at radius 2 is 1.57 bits per heavy atom. The number of para-hydroxylation sites is 1. The topological polar surface area (TPSA) is 46.9 Å². The second-order valence-corrected chi connectivity index (χ2v) is 6.67. The van der Waals surface area contributed by atoms with Crippen LogP contribution in [0, 0.1) is 0 Å². The molecule has 3 aromatic carbocycles. The van der Waals surface area contributed by atoms with Gasteiger partial charge in [0, 0.05) is 23.6 Å². The molecule has 1 N–H and O–H groups in total. The molecule has 1 aromatic heterocycles. The van der Waals surface area contributed by atoms with Gasteiger partial charge in [0.2, 0.25) is 0 Å². The van der Waals surface area contributed by atoms with Crippen LogP contribution in [0.3, 0.4) is 0 Å². The molecule has 0 unspecified atom stereocenters. The number of carbonyl (C=O) groups excluding carboxylic acids is 1. The van der Waals surface area contributed by atoms with Crippen LogP contribution in [0.15, 0.2) is 97.3 Å². The molecule has 4 nitrogen and oxygen atoms in total. The van der Waals surface area contributed by atoms with Gasteiger partial charge in [-0.1, -0.05) is 60.7 Å². The van der Waals surface area contributed by atoms with Crippen molar-refractivity contribution in [3.63, 3.8) is 0 Å². The first-order chi connectivity index (χ1) is 13.8. The zero-order valence-corrected chi connectivity index (χ0v) is 15.5. The van der Waals surface area contributed by atoms with Crippen LogP contribution < -0.4 is 5.32 Å². The molecule has 0 aliphatic carbocycles. The highest BCUT2D eigenvalue weighted by atomic mass is 16.1. The van der Waals surface area contributed by atoms with Crippen molar-refractivity contribution in [2.45, 2.75) is 13.0 Å². The van der Waals surface area contributed by atoms with Crippen LogP contribution in [0.4, 0.5) is 5.69 Å². The Morgan fingerprint density at radius 3 is 2.32 bits per heavy atom. The minimum atomic E-state index is -0.105. The summed E-state index contributed by atoms with van der Waals surface area (Å²) in [5.74, 6) is -0.105. The van der Waals surface area contributed by atoms with E-state index in [1.807, 2.05) is 77.6 Å². The molecule has 1 heterocycles. The van der Waals surface area contributed by atoms with Crippen LogP contribution in [-0.2, 0) is 13.0 Å². The molecule has 4 aromatic rings. The highest BCUT2D eigenvalue weighted by Crippen LogP contribution is 2.20. The van der Waals surface area contributed by atoms with E-state index in [4.69, 9.17) is 0 Å². The highest BCUT2D eigenvalue weighted by Gasteiger charge is 2.09. The minimum Gasteiger partial charge on any atom is -0.322 e. The van der Waals surface area contributed by atoms with Gasteiger partial charge in [0.25, 0.3) is 5.91 Å². The van der Waals surface area contributed by atoms with E-state index in [-0.39, 0.29) is 5.91 Å². The van der Waals surface area contributed by atoms with Crippen molar-refractivity contribution >= 4 is 11.6 Å². The Bertz CT molecular complexity index is 1040. The average Bonchev–Trinajstić information content (AvgIpc) is 3.24. The van der Waals surface area contributed by atoms with E-state index in [9.17, 15) is 4.79 Å². The molecule has 0 radical (unpaired) electrons. The number of nitrogens with zero attached hydrogens (tertiary/aromatic N) is 2. The molecular weight excluding hydrogens is 346 g/mol. The molecule has 4 rings (SSSR count). The van der Waals surface area contributed by atoms with E-state index in [2.05, 4.69) is 28.6 Å². The van der Waals surface area contributed by atoms with E-state index in [0.717, 1.165) is 23.2 Å². The number of anilines is 1. The molecule has 0 aliphatic rings. The standard InChI is InChI=1S/C24H21N3O/c28-24(21-13-11-20(12-14-21)18-27-16-6-15-25-27)26-23-10-5-4-9-22(23)17-19-7-2-1-3-8-19/h1-16H,17-18H2,(H,26,28). The summed E-state index contributed by atoms with van der Waals surface area (Å²) in [5.41, 5.74) is 4.89. The van der Waals surface area contributed by atoms with E-state index in [1.54, 1.807) is 6.20 Å². The molecule has 0 saturated heterocycles. The first-order valence-corrected chi connectivity index (χ1v) is 9.27. The molecule has 0 aliphatic heterocycles. The van der Waals surface area contributed by atoms with Crippen LogP contribution in [0.1, 0.15) is 27.0 Å². The second-order valence-electron chi connectivity index (χ2n) is 6.67. The van der Waals surface area contributed by atoms with Gasteiger partial charge in [-0.15, -0.1) is 0 Å². The van der Waals surface area contributed by atoms with Crippen LogP contribution in [0.5, 0.6) is 0 Å². The van der Waals surface area contributed by atoms with Gasteiger partial charge in [-0.2, -0.15) is 5.10 Å². The fourth-order valence-corrected chi connectivity index (χ4v) is 3.15. The summed E-state index contributed by atoms with van der Waals surface area (Å²) < 4.78 is 1.86. The lowest BCUT2D eigenvalue weighted by Gasteiger charge is -2.12. The summed E-state index contributed by atoms with van der Waals surface area (Å²) in [6.07, 6.45) is 4.46. The van der Waals surface area contributed by atoms with E-state index < -0.39 is 0 Å². The van der Waals surface area contributed by atoms with Gasteiger partial charge in [-0.05, 0) is 47.4 Å². The Hall–Kier alpha value is -3.66. The van der Waals surface area contributed by atoms with Gasteiger partial charge >= 0.3 is 0 Å². The average molecular weight is 367 g/mol. The third-order valence-electron chi connectivity index (χ3n) is 4.62. The predicted molar refractivity (Wildman–Crippen MR) is 111 cm³/mol. The zero-order chi connectivity index (χ0) is 19.2. The predicted octanol–water partition coefficient (Wildman–Crippen LogP) is 4.77. The van der Waals surface area contributed by atoms with Gasteiger partial charge in [-0.3, -0.25) is 9.48 Å². The Morgan fingerprint density at radius 1 is 0.821 bits per heavy atom. The number of nitrogens with one attached hydrogen (secondary N) is 1. The monoisotopic (exact) mass is 367 g/mol. The second kappa shape index (κ2) is 8.35. The number of rotatable bonds is 6. The summed E-state index contributed by atoms with van der Waals surface area (Å²) in [4.78, 5) is 12.7. The summed E-state index contributed by atoms with van der Waals surface area (Å²) in [6.45, 7) is 0.689. The van der Waals surface area contributed by atoms with Gasteiger partial charge in [0.1, 0.15) is 0 Å². The lowest BCUT2D eigenvalue weighted by molar-refractivity contribution is 0.102. The highest BCUT2D eigenvalue weighted by molar-refractivity contribution is 6.04. The third kappa shape index (κ3) is 4.35. The maximum atomic E-state index is 12.7. The fourth-order valence-electron chi connectivity index (χ4n) is 3.15. The Kier molecular flexibility index (Phi) is 5.29. The number of hydrogen-bond acceptors (Lipinski definition) is 2. The normalized spacial score (nSPS) is 10.6. The molecule has 28 heavy (non-hydrogen) atoms. The van der Waals surface area contributed by atoms with Crippen molar-refractivity contribution in [2.24, 2.45) is 0 Å². The van der Waals surface area contributed by atoms with Crippen molar-refractivity contribution < 1.29 is 4.79 Å². The maximum Gasteiger partial charge on any atom is 0.255 e. The summed E-state index contributed by atoms with van der Waals surface area (Å²) in [6, 6.07) is 27.7. The Labute approximate surface area is 164 Å². The molecule has 0 spiro atoms. The van der Waals surface area contributed by atoms with Crippen molar-refractivity contribution in [2.75, 3.05) is 5.32 Å². The van der Waals surface area contributed by atoms with Gasteiger partial charge in [0.15, 0.2) is 0 Å². The Balaban J connectivity index is 1.46. The molecule has 1 amide bonds. The summed E-state index contributed by atoms with van der Waals surface area (Å²) >= 11 is 0. The molecule has 0 atom stereocenters. The summed E-state index contributed by atoms with van der Waals surface area (Å²) in [7, 11) is 0. The van der Waals surface area contributed by atoms with Crippen molar-refractivity contribution in [3.05, 3.63) is 120 Å². The number of hydrogen-bond donors (Lipinski definition) is 1. The van der Waals surface area contributed by atoms with Gasteiger partial charge in [0.05, 0.1) is 6.54 Å². The van der Waals surface area contributed by atoms with Crippen LogP contribution >= 0.6 is 0 Å².